The van der Waals surface area contributed by atoms with E-state index < -0.39 is 0 Å². The van der Waals surface area contributed by atoms with Gasteiger partial charge in [-0.15, -0.1) is 0 Å². The lowest BCUT2D eigenvalue weighted by Crippen LogP contribution is -2.26. The second-order valence-electron chi connectivity index (χ2n) is 3.80. The number of nitrogens with one attached hydrogen (secondary N) is 1. The van der Waals surface area contributed by atoms with Gasteiger partial charge in [-0.1, -0.05) is 21.1 Å². The van der Waals surface area contributed by atoms with Crippen LogP contribution in [-0.4, -0.2) is 30.6 Å². The lowest BCUT2D eigenvalue weighted by molar-refractivity contribution is 0.0950. The molecular weight excluding hydrogens is 314 g/mol. The Kier molecular flexibility index (Phi) is 6.14. The molecule has 0 bridgehead atoms. The molecule has 0 aliphatic carbocycles. The normalized spacial score (nSPS) is 11.2. The van der Waals surface area contributed by atoms with Gasteiger partial charge in [-0.2, -0.15) is 0 Å². The highest BCUT2D eigenvalue weighted by Gasteiger charge is 2.11. The molecule has 0 spiro atoms. The molecule has 0 fully saturated rings. The van der Waals surface area contributed by atoms with Crippen LogP contribution >= 0.6 is 15.9 Å². The van der Waals surface area contributed by atoms with E-state index in [0.717, 1.165) is 4.47 Å². The number of carbonyl (C=O) groups is 1. The Morgan fingerprint density at radius 3 is 2.95 bits per heavy atom. The number of amides is 1. The van der Waals surface area contributed by atoms with Crippen LogP contribution in [0.5, 0.6) is 5.75 Å². The van der Waals surface area contributed by atoms with Gasteiger partial charge in [0.15, 0.2) is 0 Å². The third-order valence-electron chi connectivity index (χ3n) is 2.43. The minimum Gasteiger partial charge on any atom is -0.496 e. The fourth-order valence-electron chi connectivity index (χ4n) is 1.47. The summed E-state index contributed by atoms with van der Waals surface area (Å²) in [5.41, 5.74) is 5.79. The highest BCUT2D eigenvalue weighted by molar-refractivity contribution is 9.10. The van der Waals surface area contributed by atoms with Crippen LogP contribution in [0, 0.1) is 0 Å². The second-order valence-corrected chi connectivity index (χ2v) is 4.71. The van der Waals surface area contributed by atoms with Gasteiger partial charge in [0.2, 0.25) is 0 Å². The number of halogens is 1. The highest BCUT2D eigenvalue weighted by atomic mass is 79.9. The molecule has 1 aromatic rings. The van der Waals surface area contributed by atoms with Gasteiger partial charge in [0.1, 0.15) is 11.6 Å². The first-order valence-electron chi connectivity index (χ1n) is 5.66. The monoisotopic (exact) mass is 329 g/mol. The summed E-state index contributed by atoms with van der Waals surface area (Å²) >= 11 is 3.31. The molecule has 0 aromatic heterocycles. The van der Waals surface area contributed by atoms with Crippen molar-refractivity contribution in [1.82, 2.24) is 5.32 Å². The number of hydrogen-bond acceptors (Lipinski definition) is 4. The minimum absolute atomic E-state index is 0.149. The van der Waals surface area contributed by atoms with E-state index in [2.05, 4.69) is 26.4 Å². The number of methoxy groups -OCH3 is 1. The number of benzene rings is 1. The Morgan fingerprint density at radius 1 is 1.58 bits per heavy atom. The van der Waals surface area contributed by atoms with Gasteiger partial charge in [0, 0.05) is 17.4 Å². The van der Waals surface area contributed by atoms with Crippen molar-refractivity contribution < 1.29 is 14.7 Å². The van der Waals surface area contributed by atoms with Gasteiger partial charge in [-0.25, -0.2) is 0 Å². The van der Waals surface area contributed by atoms with Crippen LogP contribution < -0.4 is 15.8 Å². The van der Waals surface area contributed by atoms with E-state index in [1.54, 1.807) is 18.2 Å². The minimum atomic E-state index is -0.219. The number of ether oxygens (including phenoxy) is 1. The summed E-state index contributed by atoms with van der Waals surface area (Å²) in [6.45, 7) is 0.439. The van der Waals surface area contributed by atoms with Crippen LogP contribution in [0.25, 0.3) is 0 Å². The van der Waals surface area contributed by atoms with Crippen LogP contribution in [0.4, 0.5) is 0 Å². The fourth-order valence-corrected chi connectivity index (χ4v) is 1.81. The summed E-state index contributed by atoms with van der Waals surface area (Å²) in [7, 11) is 1.51. The number of nitrogens with two attached hydrogens (primary N) is 1. The number of hydrogen-bond donors (Lipinski definition) is 3. The Hall–Kier alpha value is -1.76. The van der Waals surface area contributed by atoms with Crippen LogP contribution in [0.15, 0.2) is 27.8 Å². The number of rotatable bonds is 6. The molecule has 0 saturated heterocycles. The summed E-state index contributed by atoms with van der Waals surface area (Å²) in [6, 6.07) is 5.18. The van der Waals surface area contributed by atoms with E-state index in [4.69, 9.17) is 15.7 Å². The lowest BCUT2D eigenvalue weighted by atomic mass is 10.2. The van der Waals surface area contributed by atoms with E-state index in [9.17, 15) is 4.79 Å². The van der Waals surface area contributed by atoms with E-state index >= 15 is 0 Å². The molecule has 1 aromatic carbocycles. The zero-order valence-corrected chi connectivity index (χ0v) is 12.1. The van der Waals surface area contributed by atoms with Crippen molar-refractivity contribution in [3.63, 3.8) is 0 Å². The zero-order chi connectivity index (χ0) is 14.3. The topological polar surface area (TPSA) is 96.9 Å². The van der Waals surface area contributed by atoms with E-state index in [1.165, 1.54) is 7.11 Å². The Bertz CT molecular complexity index is 477. The van der Waals surface area contributed by atoms with Gasteiger partial charge >= 0.3 is 0 Å². The summed E-state index contributed by atoms with van der Waals surface area (Å²) in [5, 5.41) is 14.0. The molecule has 19 heavy (non-hydrogen) atoms. The third-order valence-corrected chi connectivity index (χ3v) is 2.93. The molecule has 0 aliphatic rings. The first-order chi connectivity index (χ1) is 9.08. The standard InChI is InChI=1S/C12H16BrN3O3/c1-19-10-7-8(13)4-5-9(10)12(17)15-6-2-3-11(14)16-18/h4-5,7,18H,2-3,6H2,1H3,(H2,14,16)(H,15,17). The average molecular weight is 330 g/mol. The summed E-state index contributed by atoms with van der Waals surface area (Å²) in [6.07, 6.45) is 1.02. The quantitative estimate of drug-likeness (QED) is 0.243. The van der Waals surface area contributed by atoms with Crippen molar-refractivity contribution in [1.29, 1.82) is 0 Å². The number of amidine groups is 1. The third kappa shape index (κ3) is 4.78. The molecule has 4 N–H and O–H groups in total. The first kappa shape index (κ1) is 15.3. The summed E-state index contributed by atoms with van der Waals surface area (Å²) in [4.78, 5) is 11.9. The van der Waals surface area contributed by atoms with Gasteiger partial charge in [0.25, 0.3) is 5.91 Å². The predicted molar refractivity (Wildman–Crippen MR) is 75.7 cm³/mol. The average Bonchev–Trinajstić information content (AvgIpc) is 2.42. The Labute approximate surface area is 119 Å². The predicted octanol–water partition coefficient (Wildman–Crippen LogP) is 1.71. The van der Waals surface area contributed by atoms with Gasteiger partial charge < -0.3 is 21.0 Å². The van der Waals surface area contributed by atoms with Crippen LogP contribution in [0.2, 0.25) is 0 Å². The first-order valence-corrected chi connectivity index (χ1v) is 6.46. The maximum atomic E-state index is 11.9. The van der Waals surface area contributed by atoms with Crippen LogP contribution in [0.1, 0.15) is 23.2 Å². The van der Waals surface area contributed by atoms with Crippen LogP contribution in [-0.2, 0) is 0 Å². The summed E-state index contributed by atoms with van der Waals surface area (Å²) < 4.78 is 5.99. The molecule has 7 heteroatoms. The van der Waals surface area contributed by atoms with Gasteiger partial charge in [-0.05, 0) is 24.6 Å². The molecule has 1 amide bonds. The molecule has 0 unspecified atom stereocenters. The Balaban J connectivity index is 2.54. The van der Waals surface area contributed by atoms with Gasteiger partial charge in [0.05, 0.1) is 12.7 Å². The number of nitrogens with zero attached hydrogens (tertiary/aromatic N) is 1. The van der Waals surface area contributed by atoms with Crippen molar-refractivity contribution in [3.8, 4) is 5.75 Å². The SMILES string of the molecule is COc1cc(Br)ccc1C(=O)NCCC/C(N)=N/O. The van der Waals surface area contributed by atoms with Gasteiger partial charge in [-0.3, -0.25) is 4.79 Å². The Morgan fingerprint density at radius 2 is 2.32 bits per heavy atom. The number of carbonyl (C=O) groups excluding carboxylic acids is 1. The highest BCUT2D eigenvalue weighted by Crippen LogP contribution is 2.23. The second kappa shape index (κ2) is 7.63. The molecule has 0 saturated carbocycles. The van der Waals surface area contributed by atoms with Crippen LogP contribution in [0.3, 0.4) is 0 Å². The maximum Gasteiger partial charge on any atom is 0.255 e. The van der Waals surface area contributed by atoms with E-state index in [-0.39, 0.29) is 11.7 Å². The van der Waals surface area contributed by atoms with Crippen molar-refractivity contribution in [3.05, 3.63) is 28.2 Å². The number of oxime groups is 1. The van der Waals surface area contributed by atoms with Crippen molar-refractivity contribution in [2.24, 2.45) is 10.9 Å². The fraction of sp³-hybridized carbons (Fsp3) is 0.333. The molecule has 0 radical (unpaired) electrons. The molecule has 0 heterocycles. The molecule has 1 rings (SSSR count). The van der Waals surface area contributed by atoms with E-state index in [0.29, 0.717) is 30.7 Å². The largest absolute Gasteiger partial charge is 0.496 e. The molecular formula is C12H16BrN3O3. The molecule has 6 nitrogen and oxygen atoms in total. The zero-order valence-electron chi connectivity index (χ0n) is 10.5. The molecule has 104 valence electrons. The molecule has 0 aliphatic heterocycles. The van der Waals surface area contributed by atoms with Crippen molar-refractivity contribution >= 4 is 27.7 Å². The maximum absolute atomic E-state index is 11.9. The molecule has 0 atom stereocenters. The van der Waals surface area contributed by atoms with Crippen molar-refractivity contribution in [2.45, 2.75) is 12.8 Å². The van der Waals surface area contributed by atoms with Crippen molar-refractivity contribution in [2.75, 3.05) is 13.7 Å². The lowest BCUT2D eigenvalue weighted by Gasteiger charge is -2.09. The van der Waals surface area contributed by atoms with E-state index in [1.807, 2.05) is 0 Å². The smallest absolute Gasteiger partial charge is 0.255 e. The summed E-state index contributed by atoms with van der Waals surface area (Å²) in [5.74, 6) is 0.433.